The van der Waals surface area contributed by atoms with Gasteiger partial charge in [-0.05, 0) is 72.4 Å². The van der Waals surface area contributed by atoms with Gasteiger partial charge in [0, 0.05) is 0 Å². The standard InChI is InChI=1S/C30H28N2O3S/c33-29-28(36-30-31-26-11-4-5-12-27(26)32(29)30)20-21-7-6-10-25(19-21)35-18-17-34-24-15-13-23(14-16-24)22-8-2-1-3-9-22/h4-7,10-16,19-20,22H,1-3,8-9,17-18H2/b28-20-. The highest BCUT2D eigenvalue weighted by atomic mass is 32.1. The topological polar surface area (TPSA) is 52.8 Å². The summed E-state index contributed by atoms with van der Waals surface area (Å²) < 4.78 is 14.1. The molecule has 0 saturated heterocycles. The minimum atomic E-state index is -0.0436. The Labute approximate surface area is 213 Å². The molecular weight excluding hydrogens is 468 g/mol. The minimum Gasteiger partial charge on any atom is -0.490 e. The quantitative estimate of drug-likeness (QED) is 0.261. The Morgan fingerprint density at radius 1 is 0.889 bits per heavy atom. The number of imidazole rings is 1. The third-order valence-corrected chi connectivity index (χ3v) is 7.85. The molecule has 36 heavy (non-hydrogen) atoms. The van der Waals surface area contributed by atoms with Crippen LogP contribution in [-0.2, 0) is 0 Å². The van der Waals surface area contributed by atoms with Crippen LogP contribution in [0.3, 0.4) is 0 Å². The van der Waals surface area contributed by atoms with E-state index in [1.54, 1.807) is 4.40 Å². The molecule has 2 aromatic heterocycles. The van der Waals surface area contributed by atoms with Gasteiger partial charge in [0.15, 0.2) is 4.96 Å². The van der Waals surface area contributed by atoms with Gasteiger partial charge in [-0.2, -0.15) is 0 Å². The summed E-state index contributed by atoms with van der Waals surface area (Å²) in [6.45, 7) is 0.913. The van der Waals surface area contributed by atoms with Gasteiger partial charge in [0.2, 0.25) is 0 Å². The number of nitrogens with zero attached hydrogens (tertiary/aromatic N) is 2. The number of benzene rings is 3. The Bertz CT molecular complexity index is 1600. The fourth-order valence-electron chi connectivity index (χ4n) is 5.05. The first kappa shape index (κ1) is 22.8. The zero-order valence-corrected chi connectivity index (χ0v) is 20.9. The number of hydrogen-bond donors (Lipinski definition) is 0. The first-order chi connectivity index (χ1) is 17.7. The Hall–Kier alpha value is -3.64. The van der Waals surface area contributed by atoms with Crippen LogP contribution in [0.2, 0.25) is 0 Å². The van der Waals surface area contributed by atoms with E-state index in [9.17, 15) is 4.79 Å². The molecule has 1 aliphatic carbocycles. The van der Waals surface area contributed by atoms with Crippen molar-refractivity contribution in [1.82, 2.24) is 9.38 Å². The molecule has 0 radical (unpaired) electrons. The van der Waals surface area contributed by atoms with Crippen molar-refractivity contribution < 1.29 is 9.47 Å². The predicted octanol–water partition coefficient (Wildman–Crippen LogP) is 5.96. The van der Waals surface area contributed by atoms with E-state index in [1.165, 1.54) is 49.0 Å². The summed E-state index contributed by atoms with van der Waals surface area (Å²) >= 11 is 1.40. The molecule has 6 rings (SSSR count). The van der Waals surface area contributed by atoms with Gasteiger partial charge in [0.1, 0.15) is 24.7 Å². The van der Waals surface area contributed by atoms with Crippen molar-refractivity contribution in [3.05, 3.63) is 98.8 Å². The summed E-state index contributed by atoms with van der Waals surface area (Å²) in [4.78, 5) is 18.3. The number of ether oxygens (including phenoxy) is 2. The molecule has 1 saturated carbocycles. The smallest absolute Gasteiger partial charge is 0.274 e. The largest absolute Gasteiger partial charge is 0.490 e. The fourth-order valence-corrected chi connectivity index (χ4v) is 6.04. The second kappa shape index (κ2) is 10.2. The molecule has 0 spiro atoms. The number of aromatic nitrogens is 2. The molecule has 6 heteroatoms. The molecule has 0 atom stereocenters. The molecule has 0 amide bonds. The van der Waals surface area contributed by atoms with Crippen LogP contribution in [0.4, 0.5) is 0 Å². The van der Waals surface area contributed by atoms with E-state index in [1.807, 2.05) is 54.6 Å². The molecule has 0 unspecified atom stereocenters. The molecule has 0 aliphatic heterocycles. The first-order valence-corrected chi connectivity index (χ1v) is 13.4. The summed E-state index contributed by atoms with van der Waals surface area (Å²) in [5, 5.41) is 0. The van der Waals surface area contributed by atoms with Crippen molar-refractivity contribution in [2.45, 2.75) is 38.0 Å². The summed E-state index contributed by atoms with van der Waals surface area (Å²) in [5.74, 6) is 2.33. The van der Waals surface area contributed by atoms with Crippen LogP contribution in [0.1, 0.15) is 49.1 Å². The summed E-state index contributed by atoms with van der Waals surface area (Å²) in [7, 11) is 0. The number of para-hydroxylation sites is 2. The van der Waals surface area contributed by atoms with Gasteiger partial charge in [0.25, 0.3) is 5.56 Å². The lowest BCUT2D eigenvalue weighted by Gasteiger charge is -2.22. The highest BCUT2D eigenvalue weighted by Gasteiger charge is 2.15. The van der Waals surface area contributed by atoms with Crippen LogP contribution in [-0.4, -0.2) is 22.6 Å². The predicted molar refractivity (Wildman–Crippen MR) is 145 cm³/mol. The maximum atomic E-state index is 13.0. The summed E-state index contributed by atoms with van der Waals surface area (Å²) in [6, 6.07) is 24.0. The molecule has 5 nitrogen and oxygen atoms in total. The SMILES string of the molecule is O=c1/c(=C/c2cccc(OCCOc3ccc(C4CCCCC4)cc3)c2)sc2nc3ccccc3n12. The van der Waals surface area contributed by atoms with Crippen molar-refractivity contribution in [2.24, 2.45) is 0 Å². The van der Waals surface area contributed by atoms with Gasteiger partial charge < -0.3 is 9.47 Å². The molecule has 0 N–H and O–H groups in total. The highest BCUT2D eigenvalue weighted by molar-refractivity contribution is 7.15. The van der Waals surface area contributed by atoms with E-state index < -0.39 is 0 Å². The molecular formula is C30H28N2O3S. The van der Waals surface area contributed by atoms with Gasteiger partial charge >= 0.3 is 0 Å². The second-order valence-electron chi connectivity index (χ2n) is 9.31. The van der Waals surface area contributed by atoms with Crippen molar-refractivity contribution in [1.29, 1.82) is 0 Å². The average molecular weight is 497 g/mol. The zero-order chi connectivity index (χ0) is 24.3. The van der Waals surface area contributed by atoms with E-state index in [0.717, 1.165) is 28.1 Å². The fraction of sp³-hybridized carbons (Fsp3) is 0.267. The van der Waals surface area contributed by atoms with Crippen molar-refractivity contribution in [3.8, 4) is 11.5 Å². The van der Waals surface area contributed by atoms with Gasteiger partial charge in [-0.1, -0.05) is 67.0 Å². The van der Waals surface area contributed by atoms with Crippen LogP contribution >= 0.6 is 11.3 Å². The minimum absolute atomic E-state index is 0.0436. The van der Waals surface area contributed by atoms with E-state index in [2.05, 4.69) is 29.2 Å². The van der Waals surface area contributed by atoms with E-state index in [4.69, 9.17) is 9.47 Å². The molecule has 1 aliphatic rings. The number of fused-ring (bicyclic) bond motifs is 3. The molecule has 182 valence electrons. The molecule has 0 bridgehead atoms. The van der Waals surface area contributed by atoms with Crippen molar-refractivity contribution in [3.63, 3.8) is 0 Å². The van der Waals surface area contributed by atoms with Gasteiger partial charge in [-0.3, -0.25) is 4.79 Å². The summed E-state index contributed by atoms with van der Waals surface area (Å²) in [5.41, 5.74) is 3.98. The lowest BCUT2D eigenvalue weighted by atomic mass is 9.84. The van der Waals surface area contributed by atoms with Crippen LogP contribution in [0.15, 0.2) is 77.6 Å². The van der Waals surface area contributed by atoms with Gasteiger partial charge in [-0.15, -0.1) is 0 Å². The zero-order valence-electron chi connectivity index (χ0n) is 20.1. The lowest BCUT2D eigenvalue weighted by molar-refractivity contribution is 0.217. The molecule has 2 heterocycles. The van der Waals surface area contributed by atoms with E-state index in [-0.39, 0.29) is 5.56 Å². The van der Waals surface area contributed by atoms with Gasteiger partial charge in [-0.25, -0.2) is 9.38 Å². The summed E-state index contributed by atoms with van der Waals surface area (Å²) in [6.07, 6.45) is 8.56. The molecule has 5 aromatic rings. The van der Waals surface area contributed by atoms with Crippen LogP contribution < -0.4 is 19.6 Å². The Morgan fingerprint density at radius 2 is 1.67 bits per heavy atom. The maximum Gasteiger partial charge on any atom is 0.274 e. The van der Waals surface area contributed by atoms with Crippen LogP contribution in [0.5, 0.6) is 11.5 Å². The lowest BCUT2D eigenvalue weighted by Crippen LogP contribution is -2.22. The number of hydrogen-bond acceptors (Lipinski definition) is 5. The first-order valence-electron chi connectivity index (χ1n) is 12.6. The second-order valence-corrected chi connectivity index (χ2v) is 10.3. The Morgan fingerprint density at radius 3 is 2.50 bits per heavy atom. The molecule has 3 aromatic carbocycles. The van der Waals surface area contributed by atoms with Crippen molar-refractivity contribution in [2.75, 3.05) is 13.2 Å². The van der Waals surface area contributed by atoms with Crippen molar-refractivity contribution >= 4 is 33.4 Å². The Balaban J connectivity index is 1.08. The number of rotatable bonds is 7. The average Bonchev–Trinajstić information content (AvgIpc) is 3.43. The molecule has 1 fully saturated rings. The highest BCUT2D eigenvalue weighted by Crippen LogP contribution is 2.33. The Kier molecular flexibility index (Phi) is 6.43. The van der Waals surface area contributed by atoms with Gasteiger partial charge in [0.05, 0.1) is 15.6 Å². The van der Waals surface area contributed by atoms with Crippen LogP contribution in [0.25, 0.3) is 22.1 Å². The monoisotopic (exact) mass is 496 g/mol. The van der Waals surface area contributed by atoms with E-state index >= 15 is 0 Å². The van der Waals surface area contributed by atoms with Crippen LogP contribution in [0, 0.1) is 0 Å². The third-order valence-electron chi connectivity index (χ3n) is 6.88. The normalized spacial score (nSPS) is 15.1. The van der Waals surface area contributed by atoms with E-state index in [0.29, 0.717) is 28.6 Å². The third kappa shape index (κ3) is 4.73. The number of thiazole rings is 1. The maximum absolute atomic E-state index is 13.0.